The lowest BCUT2D eigenvalue weighted by molar-refractivity contribution is -0.384. The van der Waals surface area contributed by atoms with Gasteiger partial charge >= 0.3 is 0 Å². The summed E-state index contributed by atoms with van der Waals surface area (Å²) in [5, 5.41) is 21.4. The predicted octanol–water partition coefficient (Wildman–Crippen LogP) is 6.09. The zero-order chi connectivity index (χ0) is 24.8. The van der Waals surface area contributed by atoms with Gasteiger partial charge in [-0.2, -0.15) is 20.1 Å². The van der Waals surface area contributed by atoms with Crippen LogP contribution >= 0.6 is 15.9 Å². The molecule has 0 atom stereocenters. The average molecular weight is 533 g/mol. The highest BCUT2D eigenvalue weighted by molar-refractivity contribution is 9.10. The molecule has 0 saturated carbocycles. The van der Waals surface area contributed by atoms with Crippen LogP contribution in [0.15, 0.2) is 76.3 Å². The fraction of sp³-hybridized carbons (Fsp3) is 0.0833. The van der Waals surface area contributed by atoms with Crippen molar-refractivity contribution in [3.8, 4) is 0 Å². The monoisotopic (exact) mass is 532 g/mol. The summed E-state index contributed by atoms with van der Waals surface area (Å²) < 4.78 is 0.902. The number of nitrogens with one attached hydrogen (secondary N) is 3. The molecule has 0 aliphatic carbocycles. The van der Waals surface area contributed by atoms with E-state index in [2.05, 4.69) is 52.0 Å². The Hall–Kier alpha value is -4.38. The first-order valence-corrected chi connectivity index (χ1v) is 11.3. The van der Waals surface area contributed by atoms with Gasteiger partial charge in [-0.3, -0.25) is 10.1 Å². The Morgan fingerprint density at radius 3 is 2.14 bits per heavy atom. The third-order valence-electron chi connectivity index (χ3n) is 5.01. The second kappa shape index (κ2) is 10.7. The van der Waals surface area contributed by atoms with Crippen LogP contribution in [0.5, 0.6) is 0 Å². The molecule has 1 aromatic heterocycles. The van der Waals surface area contributed by atoms with Crippen molar-refractivity contribution in [2.45, 2.75) is 13.8 Å². The Kier molecular flexibility index (Phi) is 7.27. The number of halogens is 1. The van der Waals surface area contributed by atoms with Crippen LogP contribution in [0.25, 0.3) is 0 Å². The fourth-order valence-corrected chi connectivity index (χ4v) is 3.41. The molecular formula is C24H21BrN8O2. The van der Waals surface area contributed by atoms with Crippen LogP contribution in [0.2, 0.25) is 0 Å². The molecule has 35 heavy (non-hydrogen) atoms. The van der Waals surface area contributed by atoms with Crippen molar-refractivity contribution in [1.82, 2.24) is 15.0 Å². The van der Waals surface area contributed by atoms with Gasteiger partial charge in [0.05, 0.1) is 11.1 Å². The summed E-state index contributed by atoms with van der Waals surface area (Å²) in [6.45, 7) is 4.07. The quantitative estimate of drug-likeness (QED) is 0.141. The minimum atomic E-state index is -0.455. The molecule has 4 rings (SSSR count). The summed E-state index contributed by atoms with van der Waals surface area (Å²) in [5.41, 5.74) is 7.42. The number of anilines is 5. The Morgan fingerprint density at radius 1 is 0.857 bits per heavy atom. The highest BCUT2D eigenvalue weighted by Gasteiger charge is 2.10. The first-order valence-electron chi connectivity index (χ1n) is 10.5. The summed E-state index contributed by atoms with van der Waals surface area (Å²) in [4.78, 5) is 23.7. The van der Waals surface area contributed by atoms with Crippen LogP contribution in [0.3, 0.4) is 0 Å². The maximum absolute atomic E-state index is 10.9. The van der Waals surface area contributed by atoms with Crippen molar-refractivity contribution in [3.05, 3.63) is 98.0 Å². The molecule has 0 aliphatic rings. The van der Waals surface area contributed by atoms with Crippen LogP contribution in [-0.4, -0.2) is 26.1 Å². The molecule has 0 saturated heterocycles. The van der Waals surface area contributed by atoms with Crippen molar-refractivity contribution >= 4 is 57.1 Å². The summed E-state index contributed by atoms with van der Waals surface area (Å²) in [6, 6.07) is 19.6. The molecule has 3 N–H and O–H groups in total. The van der Waals surface area contributed by atoms with Crippen molar-refractivity contribution in [3.63, 3.8) is 0 Å². The molecule has 1 heterocycles. The van der Waals surface area contributed by atoms with E-state index in [1.54, 1.807) is 18.3 Å². The van der Waals surface area contributed by atoms with Gasteiger partial charge in [0.15, 0.2) is 0 Å². The number of nitro groups is 1. The van der Waals surface area contributed by atoms with E-state index in [-0.39, 0.29) is 17.6 Å². The zero-order valence-corrected chi connectivity index (χ0v) is 20.4. The topological polar surface area (TPSA) is 130 Å². The van der Waals surface area contributed by atoms with Gasteiger partial charge in [-0.05, 0) is 55.3 Å². The number of benzene rings is 3. The number of hydrogen-bond acceptors (Lipinski definition) is 9. The molecule has 0 amide bonds. The lowest BCUT2D eigenvalue weighted by Crippen LogP contribution is -2.07. The van der Waals surface area contributed by atoms with Crippen molar-refractivity contribution in [1.29, 1.82) is 0 Å². The van der Waals surface area contributed by atoms with Gasteiger partial charge in [0.25, 0.3) is 5.69 Å². The van der Waals surface area contributed by atoms with Crippen molar-refractivity contribution in [2.75, 3.05) is 16.1 Å². The SMILES string of the molecule is Cc1ccc(Nc2nc(N/N=C\c3ccccc3Br)nc(Nc3ccc([N+](=O)[O-])cc3)n2)cc1C. The number of nitro benzene ring substituents is 1. The van der Waals surface area contributed by atoms with Crippen LogP contribution in [0, 0.1) is 24.0 Å². The second-order valence-electron chi connectivity index (χ2n) is 7.55. The molecule has 0 unspecified atom stereocenters. The largest absolute Gasteiger partial charge is 0.324 e. The first-order chi connectivity index (χ1) is 16.9. The predicted molar refractivity (Wildman–Crippen MR) is 141 cm³/mol. The number of non-ortho nitro benzene ring substituents is 1. The van der Waals surface area contributed by atoms with Gasteiger partial charge in [-0.25, -0.2) is 5.43 Å². The maximum atomic E-state index is 10.9. The summed E-state index contributed by atoms with van der Waals surface area (Å²) in [6.07, 6.45) is 1.65. The summed E-state index contributed by atoms with van der Waals surface area (Å²) >= 11 is 3.48. The number of rotatable bonds is 8. The lowest BCUT2D eigenvalue weighted by Gasteiger charge is -2.11. The Morgan fingerprint density at radius 2 is 1.49 bits per heavy atom. The molecule has 10 nitrogen and oxygen atoms in total. The third kappa shape index (κ3) is 6.36. The smallest absolute Gasteiger partial charge is 0.269 e. The summed E-state index contributed by atoms with van der Waals surface area (Å²) in [7, 11) is 0. The lowest BCUT2D eigenvalue weighted by atomic mass is 10.1. The number of aryl methyl sites for hydroxylation is 2. The molecule has 3 aromatic carbocycles. The van der Waals surface area contributed by atoms with E-state index >= 15 is 0 Å². The minimum absolute atomic E-state index is 0.00735. The van der Waals surface area contributed by atoms with E-state index in [0.717, 1.165) is 21.3 Å². The number of hydrogen-bond donors (Lipinski definition) is 3. The van der Waals surface area contributed by atoms with Crippen molar-refractivity contribution in [2.24, 2.45) is 5.10 Å². The second-order valence-corrected chi connectivity index (χ2v) is 8.41. The number of hydrazone groups is 1. The highest BCUT2D eigenvalue weighted by atomic mass is 79.9. The Labute approximate surface area is 209 Å². The Bertz CT molecular complexity index is 1390. The molecule has 0 fully saturated rings. The molecule has 0 radical (unpaired) electrons. The maximum Gasteiger partial charge on any atom is 0.269 e. The van der Waals surface area contributed by atoms with E-state index in [1.807, 2.05) is 56.3 Å². The van der Waals surface area contributed by atoms with E-state index in [1.165, 1.54) is 17.7 Å². The third-order valence-corrected chi connectivity index (χ3v) is 5.73. The number of aromatic nitrogens is 3. The molecule has 4 aromatic rings. The average Bonchev–Trinajstić information content (AvgIpc) is 2.83. The van der Waals surface area contributed by atoms with Gasteiger partial charge in [0, 0.05) is 33.5 Å². The molecule has 0 spiro atoms. The van der Waals surface area contributed by atoms with Gasteiger partial charge < -0.3 is 10.6 Å². The molecular weight excluding hydrogens is 512 g/mol. The molecule has 0 bridgehead atoms. The molecule has 176 valence electrons. The van der Waals surface area contributed by atoms with Gasteiger partial charge in [-0.15, -0.1) is 0 Å². The minimum Gasteiger partial charge on any atom is -0.324 e. The van der Waals surface area contributed by atoms with Gasteiger partial charge in [-0.1, -0.05) is 40.2 Å². The molecule has 11 heteroatoms. The first kappa shape index (κ1) is 23.8. The van der Waals surface area contributed by atoms with Crippen molar-refractivity contribution < 1.29 is 4.92 Å². The van der Waals surface area contributed by atoms with E-state index in [4.69, 9.17) is 0 Å². The highest BCUT2D eigenvalue weighted by Crippen LogP contribution is 2.22. The van der Waals surface area contributed by atoms with E-state index < -0.39 is 4.92 Å². The van der Waals surface area contributed by atoms with Crippen LogP contribution in [0.1, 0.15) is 16.7 Å². The number of nitrogens with zero attached hydrogens (tertiary/aromatic N) is 5. The van der Waals surface area contributed by atoms with E-state index in [9.17, 15) is 10.1 Å². The zero-order valence-electron chi connectivity index (χ0n) is 18.9. The molecule has 0 aliphatic heterocycles. The van der Waals surface area contributed by atoms with Crippen LogP contribution in [0.4, 0.5) is 34.9 Å². The van der Waals surface area contributed by atoms with Crippen LogP contribution in [-0.2, 0) is 0 Å². The van der Waals surface area contributed by atoms with E-state index in [0.29, 0.717) is 11.6 Å². The normalized spacial score (nSPS) is 10.8. The van der Waals surface area contributed by atoms with Gasteiger partial charge in [0.1, 0.15) is 0 Å². The summed E-state index contributed by atoms with van der Waals surface area (Å²) in [5.74, 6) is 0.740. The standard InChI is InChI=1S/C24H21BrN8O2/c1-15-7-8-19(13-16(15)2)28-23-29-22(27-18-9-11-20(12-10-18)33(34)35)30-24(31-23)32-26-14-17-5-3-4-6-21(17)25/h3-14H,1-2H3,(H3,27,28,29,30,31,32)/b26-14-. The Balaban J connectivity index is 1.60. The van der Waals surface area contributed by atoms with Gasteiger partial charge in [0.2, 0.25) is 17.8 Å². The fourth-order valence-electron chi connectivity index (χ4n) is 3.02. The van der Waals surface area contributed by atoms with Crippen LogP contribution < -0.4 is 16.1 Å².